The fourth-order valence-corrected chi connectivity index (χ4v) is 2.90. The van der Waals surface area contributed by atoms with Gasteiger partial charge in [0.15, 0.2) is 11.5 Å². The summed E-state index contributed by atoms with van der Waals surface area (Å²) in [5, 5.41) is 3.71. The first-order valence-electron chi connectivity index (χ1n) is 7.98. The Labute approximate surface area is 121 Å². The first-order chi connectivity index (χ1) is 9.86. The second kappa shape index (κ2) is 6.49. The van der Waals surface area contributed by atoms with Gasteiger partial charge in [0.2, 0.25) is 0 Å². The molecule has 3 rings (SSSR count). The number of ether oxygens (including phenoxy) is 2. The van der Waals surface area contributed by atoms with Crippen molar-refractivity contribution in [2.45, 2.75) is 45.1 Å². The van der Waals surface area contributed by atoms with Gasteiger partial charge in [0.1, 0.15) is 13.2 Å². The van der Waals surface area contributed by atoms with Gasteiger partial charge in [-0.25, -0.2) is 0 Å². The van der Waals surface area contributed by atoms with E-state index in [1.54, 1.807) is 0 Å². The van der Waals surface area contributed by atoms with E-state index >= 15 is 0 Å². The van der Waals surface area contributed by atoms with Gasteiger partial charge in [0.05, 0.1) is 0 Å². The Morgan fingerprint density at radius 3 is 2.75 bits per heavy atom. The van der Waals surface area contributed by atoms with E-state index in [0.717, 1.165) is 30.4 Å². The van der Waals surface area contributed by atoms with E-state index in [4.69, 9.17) is 9.47 Å². The first kappa shape index (κ1) is 13.7. The summed E-state index contributed by atoms with van der Waals surface area (Å²) in [6, 6.07) is 7.08. The number of hydrogen-bond donors (Lipinski definition) is 1. The second-order valence-corrected chi connectivity index (χ2v) is 5.91. The third-order valence-electron chi connectivity index (χ3n) is 4.20. The van der Waals surface area contributed by atoms with Crippen molar-refractivity contribution >= 4 is 0 Å². The standard InChI is InChI=1S/C17H25NO2/c1-2-9-18-15(14-5-6-14)7-3-13-4-8-16-17(12-13)20-11-10-19-16/h4,8,12,14-15,18H,2-3,5-7,9-11H2,1H3. The zero-order valence-corrected chi connectivity index (χ0v) is 12.4. The maximum absolute atomic E-state index is 5.65. The van der Waals surface area contributed by atoms with Crippen molar-refractivity contribution < 1.29 is 9.47 Å². The van der Waals surface area contributed by atoms with Crippen LogP contribution in [0, 0.1) is 5.92 Å². The van der Waals surface area contributed by atoms with Crippen molar-refractivity contribution in [3.8, 4) is 11.5 Å². The molecule has 1 aromatic carbocycles. The molecule has 1 N–H and O–H groups in total. The molecule has 2 aliphatic rings. The average Bonchev–Trinajstić information content (AvgIpc) is 3.32. The fourth-order valence-electron chi connectivity index (χ4n) is 2.90. The van der Waals surface area contributed by atoms with Crippen LogP contribution in [0.15, 0.2) is 18.2 Å². The third kappa shape index (κ3) is 3.45. The van der Waals surface area contributed by atoms with Crippen molar-refractivity contribution in [1.82, 2.24) is 5.32 Å². The van der Waals surface area contributed by atoms with Gasteiger partial charge >= 0.3 is 0 Å². The Morgan fingerprint density at radius 1 is 1.20 bits per heavy atom. The molecular formula is C17H25NO2. The number of rotatable bonds is 7. The highest BCUT2D eigenvalue weighted by Gasteiger charge is 2.30. The molecule has 1 fully saturated rings. The maximum Gasteiger partial charge on any atom is 0.161 e. The lowest BCUT2D eigenvalue weighted by Gasteiger charge is -2.20. The summed E-state index contributed by atoms with van der Waals surface area (Å²) in [6.45, 7) is 4.70. The molecule has 1 heterocycles. The SMILES string of the molecule is CCCNC(CCc1ccc2c(c1)OCCO2)C1CC1. The summed E-state index contributed by atoms with van der Waals surface area (Å²) in [7, 11) is 0. The zero-order chi connectivity index (χ0) is 13.8. The molecule has 3 nitrogen and oxygen atoms in total. The van der Waals surface area contributed by atoms with Crippen LogP contribution in [-0.2, 0) is 6.42 Å². The highest BCUT2D eigenvalue weighted by molar-refractivity contribution is 5.43. The van der Waals surface area contributed by atoms with Crippen LogP contribution in [0.4, 0.5) is 0 Å². The van der Waals surface area contributed by atoms with E-state index in [9.17, 15) is 0 Å². The van der Waals surface area contributed by atoms with Crippen LogP contribution < -0.4 is 14.8 Å². The van der Waals surface area contributed by atoms with E-state index < -0.39 is 0 Å². The molecule has 1 aromatic rings. The van der Waals surface area contributed by atoms with Crippen molar-refractivity contribution in [3.05, 3.63) is 23.8 Å². The summed E-state index contributed by atoms with van der Waals surface area (Å²) in [6.07, 6.45) is 6.37. The molecule has 0 spiro atoms. The highest BCUT2D eigenvalue weighted by atomic mass is 16.6. The quantitative estimate of drug-likeness (QED) is 0.829. The molecule has 1 unspecified atom stereocenters. The Bertz CT molecular complexity index is 443. The topological polar surface area (TPSA) is 30.5 Å². The molecule has 3 heteroatoms. The molecule has 1 atom stereocenters. The molecule has 1 aliphatic heterocycles. The molecule has 0 radical (unpaired) electrons. The minimum Gasteiger partial charge on any atom is -0.486 e. The van der Waals surface area contributed by atoms with E-state index in [-0.39, 0.29) is 0 Å². The normalized spacial score (nSPS) is 18.9. The summed E-state index contributed by atoms with van der Waals surface area (Å²) in [4.78, 5) is 0. The summed E-state index contributed by atoms with van der Waals surface area (Å²) in [5.41, 5.74) is 1.36. The van der Waals surface area contributed by atoms with E-state index in [1.807, 2.05) is 0 Å². The van der Waals surface area contributed by atoms with Crippen molar-refractivity contribution in [1.29, 1.82) is 0 Å². The van der Waals surface area contributed by atoms with Gasteiger partial charge < -0.3 is 14.8 Å². The van der Waals surface area contributed by atoms with Gasteiger partial charge in [-0.15, -0.1) is 0 Å². The average molecular weight is 275 g/mol. The van der Waals surface area contributed by atoms with Crippen LogP contribution in [0.5, 0.6) is 11.5 Å². The zero-order valence-electron chi connectivity index (χ0n) is 12.4. The first-order valence-corrected chi connectivity index (χ1v) is 7.98. The van der Waals surface area contributed by atoms with E-state index in [0.29, 0.717) is 19.3 Å². The summed E-state index contributed by atoms with van der Waals surface area (Å²) < 4.78 is 11.2. The lowest BCUT2D eigenvalue weighted by molar-refractivity contribution is 0.171. The number of nitrogens with one attached hydrogen (secondary N) is 1. The minimum absolute atomic E-state index is 0.664. The van der Waals surface area contributed by atoms with E-state index in [2.05, 4.69) is 30.4 Å². The van der Waals surface area contributed by atoms with Gasteiger partial charge in [0.25, 0.3) is 0 Å². The lowest BCUT2D eigenvalue weighted by Crippen LogP contribution is -2.32. The van der Waals surface area contributed by atoms with Crippen molar-refractivity contribution in [3.63, 3.8) is 0 Å². The highest BCUT2D eigenvalue weighted by Crippen LogP contribution is 2.35. The maximum atomic E-state index is 5.65. The van der Waals surface area contributed by atoms with Crippen molar-refractivity contribution in [2.75, 3.05) is 19.8 Å². The van der Waals surface area contributed by atoms with E-state index in [1.165, 1.54) is 31.2 Å². The number of benzene rings is 1. The van der Waals surface area contributed by atoms with Gasteiger partial charge in [-0.1, -0.05) is 13.0 Å². The van der Waals surface area contributed by atoms with Crippen LogP contribution in [0.25, 0.3) is 0 Å². The fraction of sp³-hybridized carbons (Fsp3) is 0.647. The van der Waals surface area contributed by atoms with Crippen molar-refractivity contribution in [2.24, 2.45) is 5.92 Å². The molecule has 1 aliphatic carbocycles. The van der Waals surface area contributed by atoms with Gasteiger partial charge in [0, 0.05) is 6.04 Å². The molecule has 1 saturated carbocycles. The molecule has 0 bridgehead atoms. The monoisotopic (exact) mass is 275 g/mol. The number of fused-ring (bicyclic) bond motifs is 1. The van der Waals surface area contributed by atoms with Gasteiger partial charge in [-0.05, 0) is 62.3 Å². The Hall–Kier alpha value is -1.22. The Kier molecular flexibility index (Phi) is 4.46. The molecule has 20 heavy (non-hydrogen) atoms. The Morgan fingerprint density at radius 2 is 2.00 bits per heavy atom. The summed E-state index contributed by atoms with van der Waals surface area (Å²) >= 11 is 0. The molecule has 110 valence electrons. The Balaban J connectivity index is 1.56. The van der Waals surface area contributed by atoms with Gasteiger partial charge in [-0.3, -0.25) is 0 Å². The number of aryl methyl sites for hydroxylation is 1. The predicted molar refractivity (Wildman–Crippen MR) is 80.6 cm³/mol. The number of hydrogen-bond acceptors (Lipinski definition) is 3. The minimum atomic E-state index is 0.664. The van der Waals surface area contributed by atoms with Gasteiger partial charge in [-0.2, -0.15) is 0 Å². The third-order valence-corrected chi connectivity index (χ3v) is 4.20. The smallest absolute Gasteiger partial charge is 0.161 e. The van der Waals surface area contributed by atoms with Crippen LogP contribution in [0.3, 0.4) is 0 Å². The molecular weight excluding hydrogens is 250 g/mol. The van der Waals surface area contributed by atoms with Crippen LogP contribution in [0.2, 0.25) is 0 Å². The van der Waals surface area contributed by atoms with Crippen LogP contribution in [0.1, 0.15) is 38.2 Å². The van der Waals surface area contributed by atoms with Crippen LogP contribution in [-0.4, -0.2) is 25.8 Å². The lowest BCUT2D eigenvalue weighted by atomic mass is 10.0. The molecule has 0 aromatic heterocycles. The van der Waals surface area contributed by atoms with Crippen LogP contribution >= 0.6 is 0 Å². The summed E-state index contributed by atoms with van der Waals surface area (Å²) in [5.74, 6) is 2.72. The largest absolute Gasteiger partial charge is 0.486 e. The predicted octanol–water partition coefficient (Wildman–Crippen LogP) is 3.17. The molecule has 0 saturated heterocycles. The molecule has 0 amide bonds. The second-order valence-electron chi connectivity index (χ2n) is 5.91.